The number of nitrogens with two attached hydrogens (primary N) is 1. The second-order valence-corrected chi connectivity index (χ2v) is 7.49. The number of hydrogen-bond donors (Lipinski definition) is 3. The fraction of sp³-hybridized carbons (Fsp3) is 0.381. The number of nitrogens with one attached hydrogen (secondary N) is 2. The van der Waals surface area contributed by atoms with Crippen molar-refractivity contribution in [2.45, 2.75) is 43.7 Å². The van der Waals surface area contributed by atoms with E-state index >= 15 is 0 Å². The second kappa shape index (κ2) is 9.06. The number of benzene rings is 2. The van der Waals surface area contributed by atoms with E-state index in [1.54, 1.807) is 0 Å². The molecule has 4 N–H and O–H groups in total. The summed E-state index contributed by atoms with van der Waals surface area (Å²) in [7, 11) is 0. The Labute approximate surface area is 160 Å². The Morgan fingerprint density at radius 1 is 1.12 bits per heavy atom. The molecule has 26 heavy (non-hydrogen) atoms. The number of urea groups is 1. The van der Waals surface area contributed by atoms with E-state index in [0.717, 1.165) is 30.7 Å². The predicted molar refractivity (Wildman–Crippen MR) is 106 cm³/mol. The van der Waals surface area contributed by atoms with E-state index in [4.69, 9.17) is 17.3 Å². The average Bonchev–Trinajstić information content (AvgIpc) is 2.60. The summed E-state index contributed by atoms with van der Waals surface area (Å²) in [5.41, 5.74) is 8.66. The Morgan fingerprint density at radius 3 is 2.50 bits per heavy atom. The first-order chi connectivity index (χ1) is 12.6. The summed E-state index contributed by atoms with van der Waals surface area (Å²) in [5, 5.41) is 6.70. The third-order valence-corrected chi connectivity index (χ3v) is 5.21. The molecule has 3 rings (SSSR count). The van der Waals surface area contributed by atoms with Crippen LogP contribution in [0.3, 0.4) is 0 Å². The van der Waals surface area contributed by atoms with Crippen molar-refractivity contribution in [2.75, 3.05) is 6.54 Å². The Morgan fingerprint density at radius 2 is 1.81 bits per heavy atom. The lowest BCUT2D eigenvalue weighted by atomic mass is 9.76. The first-order valence-electron chi connectivity index (χ1n) is 9.19. The molecule has 0 spiro atoms. The summed E-state index contributed by atoms with van der Waals surface area (Å²) in [6.07, 6.45) is 3.54. The number of hydrogen-bond acceptors (Lipinski definition) is 2. The molecule has 2 aromatic carbocycles. The molecule has 1 atom stereocenters. The van der Waals surface area contributed by atoms with Crippen molar-refractivity contribution in [3.8, 4) is 0 Å². The number of halogens is 1. The Balaban J connectivity index is 1.30. The first kappa shape index (κ1) is 18.7. The summed E-state index contributed by atoms with van der Waals surface area (Å²) < 4.78 is 0. The fourth-order valence-corrected chi connectivity index (χ4v) is 3.50. The highest BCUT2D eigenvalue weighted by Crippen LogP contribution is 2.37. The summed E-state index contributed by atoms with van der Waals surface area (Å²) in [6.45, 7) is 0.590. The normalized spacial score (nSPS) is 20.1. The van der Waals surface area contributed by atoms with E-state index in [2.05, 4.69) is 34.9 Å². The van der Waals surface area contributed by atoms with Crippen LogP contribution in [0.4, 0.5) is 4.79 Å². The highest BCUT2D eigenvalue weighted by atomic mass is 35.5. The van der Waals surface area contributed by atoms with Gasteiger partial charge in [0.2, 0.25) is 0 Å². The zero-order chi connectivity index (χ0) is 18.4. The minimum Gasteiger partial charge on any atom is -0.338 e. The van der Waals surface area contributed by atoms with E-state index in [-0.39, 0.29) is 18.1 Å². The molecule has 0 bridgehead atoms. The van der Waals surface area contributed by atoms with Crippen LogP contribution in [0.1, 0.15) is 36.3 Å². The van der Waals surface area contributed by atoms with Crippen LogP contribution in [-0.2, 0) is 6.42 Å². The number of carbonyl (C=O) groups excluding carboxylic acids is 1. The molecule has 2 amide bonds. The van der Waals surface area contributed by atoms with Crippen molar-refractivity contribution in [1.82, 2.24) is 10.6 Å². The minimum absolute atomic E-state index is 0.0516. The molecule has 1 unspecified atom stereocenters. The molecule has 2 aromatic rings. The number of amides is 2. The van der Waals surface area contributed by atoms with Crippen molar-refractivity contribution in [2.24, 2.45) is 5.73 Å². The van der Waals surface area contributed by atoms with Gasteiger partial charge in [0.25, 0.3) is 0 Å². The van der Waals surface area contributed by atoms with Gasteiger partial charge in [-0.25, -0.2) is 4.79 Å². The van der Waals surface area contributed by atoms with Crippen molar-refractivity contribution >= 4 is 17.6 Å². The summed E-state index contributed by atoms with van der Waals surface area (Å²) in [5.74, 6) is 0.511. The van der Waals surface area contributed by atoms with Crippen molar-refractivity contribution in [3.05, 3.63) is 70.7 Å². The van der Waals surface area contributed by atoms with Gasteiger partial charge < -0.3 is 16.4 Å². The van der Waals surface area contributed by atoms with Crippen LogP contribution in [0.15, 0.2) is 54.6 Å². The molecule has 4 nitrogen and oxygen atoms in total. The molecule has 138 valence electrons. The standard InChI is InChI=1S/C21H26ClN3O/c22-18-8-6-16(7-9-18)17-13-20(14-17)25-21(26)24-11-10-19(23)12-15-4-2-1-3-5-15/h1-9,17,19-20H,10-14,23H2,(H2,24,25,26). The van der Waals surface area contributed by atoms with Crippen LogP contribution in [0.25, 0.3) is 0 Å². The Kier molecular flexibility index (Phi) is 6.53. The third-order valence-electron chi connectivity index (χ3n) is 4.96. The summed E-state index contributed by atoms with van der Waals surface area (Å²) >= 11 is 5.92. The van der Waals surface area contributed by atoms with Gasteiger partial charge in [-0.05, 0) is 54.9 Å². The van der Waals surface area contributed by atoms with Gasteiger partial charge in [-0.3, -0.25) is 0 Å². The van der Waals surface area contributed by atoms with Crippen LogP contribution in [0, 0.1) is 0 Å². The molecule has 1 saturated carbocycles. The molecular weight excluding hydrogens is 346 g/mol. The molecular formula is C21H26ClN3O. The quantitative estimate of drug-likeness (QED) is 0.692. The topological polar surface area (TPSA) is 67.1 Å². The maximum absolute atomic E-state index is 12.0. The van der Waals surface area contributed by atoms with Gasteiger partial charge in [0, 0.05) is 23.7 Å². The van der Waals surface area contributed by atoms with E-state index in [0.29, 0.717) is 12.5 Å². The van der Waals surface area contributed by atoms with E-state index in [1.165, 1.54) is 11.1 Å². The highest BCUT2D eigenvalue weighted by molar-refractivity contribution is 6.30. The molecule has 0 saturated heterocycles. The average molecular weight is 372 g/mol. The highest BCUT2D eigenvalue weighted by Gasteiger charge is 2.31. The van der Waals surface area contributed by atoms with Crippen molar-refractivity contribution in [1.29, 1.82) is 0 Å². The van der Waals surface area contributed by atoms with Crippen LogP contribution >= 0.6 is 11.6 Å². The van der Waals surface area contributed by atoms with Gasteiger partial charge in [-0.2, -0.15) is 0 Å². The molecule has 5 heteroatoms. The van der Waals surface area contributed by atoms with Gasteiger partial charge in [0.05, 0.1) is 0 Å². The number of carbonyl (C=O) groups is 1. The third kappa shape index (κ3) is 5.48. The van der Waals surface area contributed by atoms with Gasteiger partial charge >= 0.3 is 6.03 Å². The molecule has 1 aliphatic rings. The maximum atomic E-state index is 12.0. The van der Waals surface area contributed by atoms with Gasteiger partial charge in [0.15, 0.2) is 0 Å². The lowest BCUT2D eigenvalue weighted by molar-refractivity contribution is 0.222. The van der Waals surface area contributed by atoms with Crippen molar-refractivity contribution < 1.29 is 4.79 Å². The summed E-state index contributed by atoms with van der Waals surface area (Å²) in [4.78, 5) is 12.0. The van der Waals surface area contributed by atoms with Crippen molar-refractivity contribution in [3.63, 3.8) is 0 Å². The minimum atomic E-state index is -0.100. The van der Waals surface area contributed by atoms with Gasteiger partial charge in [0.1, 0.15) is 0 Å². The second-order valence-electron chi connectivity index (χ2n) is 7.06. The van der Waals surface area contributed by atoms with Crippen LogP contribution in [0.2, 0.25) is 5.02 Å². The molecule has 1 fully saturated rings. The molecule has 0 radical (unpaired) electrons. The number of rotatable bonds is 7. The van der Waals surface area contributed by atoms with Gasteiger partial charge in [-0.1, -0.05) is 54.1 Å². The Bertz CT molecular complexity index is 699. The van der Waals surface area contributed by atoms with Crippen LogP contribution in [-0.4, -0.2) is 24.7 Å². The smallest absolute Gasteiger partial charge is 0.315 e. The van der Waals surface area contributed by atoms with E-state index < -0.39 is 0 Å². The molecule has 1 aliphatic carbocycles. The van der Waals surface area contributed by atoms with E-state index in [9.17, 15) is 4.79 Å². The SMILES string of the molecule is NC(CCNC(=O)NC1CC(c2ccc(Cl)cc2)C1)Cc1ccccc1. The fourth-order valence-electron chi connectivity index (χ4n) is 3.37. The zero-order valence-corrected chi connectivity index (χ0v) is 15.6. The largest absolute Gasteiger partial charge is 0.338 e. The molecule has 0 heterocycles. The molecule has 0 aromatic heterocycles. The van der Waals surface area contributed by atoms with Gasteiger partial charge in [-0.15, -0.1) is 0 Å². The Hall–Kier alpha value is -2.04. The monoisotopic (exact) mass is 371 g/mol. The van der Waals surface area contributed by atoms with Crippen LogP contribution < -0.4 is 16.4 Å². The van der Waals surface area contributed by atoms with Crippen LogP contribution in [0.5, 0.6) is 0 Å². The first-order valence-corrected chi connectivity index (χ1v) is 9.57. The zero-order valence-electron chi connectivity index (χ0n) is 14.8. The maximum Gasteiger partial charge on any atom is 0.315 e. The lowest BCUT2D eigenvalue weighted by Gasteiger charge is -2.36. The lowest BCUT2D eigenvalue weighted by Crippen LogP contribution is -2.48. The predicted octanol–water partition coefficient (Wildman–Crippen LogP) is 3.85. The molecule has 0 aliphatic heterocycles. The summed E-state index contributed by atoms with van der Waals surface area (Å²) in [6, 6.07) is 18.4. The van der Waals surface area contributed by atoms with E-state index in [1.807, 2.05) is 30.3 Å².